The smallest absolute Gasteiger partial charge is 0.140 e. The third kappa shape index (κ3) is 4.75. The first kappa shape index (κ1) is 32.3. The van der Waals surface area contributed by atoms with Crippen molar-refractivity contribution in [2.24, 2.45) is 4.99 Å². The fraction of sp³-hybridized carbons (Fsp3) is 0.0926. The zero-order chi connectivity index (χ0) is 37.5. The second kappa shape index (κ2) is 12.5. The van der Waals surface area contributed by atoms with Crippen molar-refractivity contribution in [3.05, 3.63) is 237 Å². The molecule has 57 heavy (non-hydrogen) atoms. The van der Waals surface area contributed by atoms with Crippen LogP contribution in [0.4, 0.5) is 0 Å². The SMILES string of the molecule is C1=CC(c2cccc3c2Oc2ccccc2C32c3ccccc3-c3ccccc32)=C(C2=CC(c3cc4c5c(cccc5c3)CC=C4)NC(c3ccccc3)=N2)CC1. The molecule has 0 radical (unpaired) electrons. The Balaban J connectivity index is 1.08. The number of rotatable bonds is 4. The molecule has 2 heterocycles. The van der Waals surface area contributed by atoms with Crippen molar-refractivity contribution in [2.45, 2.75) is 30.7 Å². The highest BCUT2D eigenvalue weighted by atomic mass is 16.5. The molecule has 0 amide bonds. The molecule has 0 bridgehead atoms. The summed E-state index contributed by atoms with van der Waals surface area (Å²) in [5.74, 6) is 2.70. The number of fused-ring (bicyclic) bond motifs is 9. The van der Waals surface area contributed by atoms with Gasteiger partial charge in [-0.05, 0) is 104 Å². The standard InChI is InChI=1S/C54H38N2O/c1-2-15-35(16-3-1)53-55-48(38-31-36-19-12-17-34-18-13-20-37(32-38)51(34)36)33-49(56-53)42-24-5-4-21-39(42)43-25-14-29-47-52(43)57-50-30-11-10-28-46(50)54(47)44-26-8-6-22-40(44)41-23-7-9-27-45(41)54/h1-4,6-17,19-23,25-33,48H,5,18,24H2,(H,55,56). The minimum absolute atomic E-state index is 0.0745. The minimum Gasteiger partial charge on any atom is -0.456 e. The summed E-state index contributed by atoms with van der Waals surface area (Å²) < 4.78 is 7.13. The van der Waals surface area contributed by atoms with E-state index in [9.17, 15) is 0 Å². The van der Waals surface area contributed by atoms with E-state index in [-0.39, 0.29) is 6.04 Å². The summed E-state index contributed by atoms with van der Waals surface area (Å²) in [5.41, 5.74) is 16.5. The first-order valence-electron chi connectivity index (χ1n) is 20.1. The van der Waals surface area contributed by atoms with Gasteiger partial charge in [0.15, 0.2) is 0 Å². The van der Waals surface area contributed by atoms with Gasteiger partial charge in [-0.3, -0.25) is 0 Å². The molecule has 5 aliphatic rings. The average Bonchev–Trinajstić information content (AvgIpc) is 3.57. The Morgan fingerprint density at radius 3 is 2.19 bits per heavy atom. The molecular weight excluding hydrogens is 693 g/mol. The first-order chi connectivity index (χ1) is 28.3. The molecule has 0 saturated carbocycles. The van der Waals surface area contributed by atoms with Crippen LogP contribution in [-0.2, 0) is 11.8 Å². The summed E-state index contributed by atoms with van der Waals surface area (Å²) >= 11 is 0. The third-order valence-electron chi connectivity index (χ3n) is 12.7. The topological polar surface area (TPSA) is 33.6 Å². The van der Waals surface area contributed by atoms with Crippen LogP contribution in [0.3, 0.4) is 0 Å². The molecular formula is C54H38N2O. The lowest BCUT2D eigenvalue weighted by molar-refractivity contribution is 0.435. The lowest BCUT2D eigenvalue weighted by atomic mass is 9.65. The molecule has 3 heteroatoms. The zero-order valence-electron chi connectivity index (χ0n) is 31.4. The summed E-state index contributed by atoms with van der Waals surface area (Å²) in [7, 11) is 0. The van der Waals surface area contributed by atoms with E-state index in [1.807, 2.05) is 0 Å². The van der Waals surface area contributed by atoms with Crippen molar-refractivity contribution in [2.75, 3.05) is 0 Å². The van der Waals surface area contributed by atoms with Crippen LogP contribution >= 0.6 is 0 Å². The van der Waals surface area contributed by atoms with Gasteiger partial charge in [-0.1, -0.05) is 158 Å². The largest absolute Gasteiger partial charge is 0.456 e. The van der Waals surface area contributed by atoms with Crippen LogP contribution in [0.1, 0.15) is 69.0 Å². The van der Waals surface area contributed by atoms with Crippen LogP contribution in [0.5, 0.6) is 11.5 Å². The van der Waals surface area contributed by atoms with E-state index in [4.69, 9.17) is 9.73 Å². The van der Waals surface area contributed by atoms with Gasteiger partial charge in [-0.25, -0.2) is 4.99 Å². The number of allylic oxidation sites excluding steroid dienone is 5. The predicted octanol–water partition coefficient (Wildman–Crippen LogP) is 12.7. The molecule has 1 spiro atoms. The maximum absolute atomic E-state index is 7.13. The van der Waals surface area contributed by atoms with Crippen LogP contribution in [0.25, 0.3) is 33.5 Å². The molecule has 270 valence electrons. The Morgan fingerprint density at radius 1 is 0.632 bits per heavy atom. The Hall–Kier alpha value is -6.97. The second-order valence-electron chi connectivity index (χ2n) is 15.7. The number of para-hydroxylation sites is 2. The maximum Gasteiger partial charge on any atom is 0.140 e. The first-order valence-corrected chi connectivity index (χ1v) is 20.1. The number of nitrogens with one attached hydrogen (secondary N) is 1. The number of ether oxygens (including phenoxy) is 1. The number of aliphatic imine (C=N–C) groups is 1. The number of amidine groups is 1. The molecule has 1 atom stereocenters. The van der Waals surface area contributed by atoms with Crippen LogP contribution < -0.4 is 10.1 Å². The highest BCUT2D eigenvalue weighted by Crippen LogP contribution is 2.63. The van der Waals surface area contributed by atoms with Crippen molar-refractivity contribution >= 4 is 28.3 Å². The number of hydrogen-bond acceptors (Lipinski definition) is 3. The van der Waals surface area contributed by atoms with Gasteiger partial charge in [0, 0.05) is 22.3 Å². The molecule has 1 unspecified atom stereocenters. The van der Waals surface area contributed by atoms with E-state index < -0.39 is 5.41 Å². The van der Waals surface area contributed by atoms with E-state index in [1.165, 1.54) is 66.4 Å². The monoisotopic (exact) mass is 730 g/mol. The molecule has 0 fully saturated rings. The molecule has 1 N–H and O–H groups in total. The van der Waals surface area contributed by atoms with Crippen LogP contribution in [0.2, 0.25) is 0 Å². The molecule has 12 rings (SSSR count). The quantitative estimate of drug-likeness (QED) is 0.196. The van der Waals surface area contributed by atoms with Crippen molar-refractivity contribution < 1.29 is 4.74 Å². The van der Waals surface area contributed by atoms with E-state index in [0.29, 0.717) is 0 Å². The summed E-state index contributed by atoms with van der Waals surface area (Å²) in [4.78, 5) is 5.46. The molecule has 2 aliphatic heterocycles. The lowest BCUT2D eigenvalue weighted by Gasteiger charge is -2.40. The van der Waals surface area contributed by atoms with Crippen molar-refractivity contribution in [1.82, 2.24) is 5.32 Å². The van der Waals surface area contributed by atoms with Crippen molar-refractivity contribution in [3.63, 3.8) is 0 Å². The molecule has 3 nitrogen and oxygen atoms in total. The van der Waals surface area contributed by atoms with Gasteiger partial charge < -0.3 is 10.1 Å². The third-order valence-corrected chi connectivity index (χ3v) is 12.7. The minimum atomic E-state index is -0.519. The fourth-order valence-corrected chi connectivity index (χ4v) is 10.3. The molecule has 0 aromatic heterocycles. The molecule has 0 saturated heterocycles. The summed E-state index contributed by atoms with van der Waals surface area (Å²) in [6.45, 7) is 0. The highest BCUT2D eigenvalue weighted by Gasteiger charge is 2.51. The Kier molecular flexibility index (Phi) is 7.10. The van der Waals surface area contributed by atoms with Crippen LogP contribution in [-0.4, -0.2) is 5.84 Å². The zero-order valence-corrected chi connectivity index (χ0v) is 31.4. The van der Waals surface area contributed by atoms with Crippen LogP contribution in [0, 0.1) is 0 Å². The van der Waals surface area contributed by atoms with Crippen LogP contribution in [0.15, 0.2) is 192 Å². The maximum atomic E-state index is 7.13. The normalized spacial score (nSPS) is 17.9. The molecule has 7 aromatic carbocycles. The number of benzene rings is 7. The van der Waals surface area contributed by atoms with Gasteiger partial charge in [0.2, 0.25) is 0 Å². The average molecular weight is 731 g/mol. The lowest BCUT2D eigenvalue weighted by Crippen LogP contribution is -2.32. The van der Waals surface area contributed by atoms with Gasteiger partial charge in [-0.15, -0.1) is 0 Å². The molecule has 3 aliphatic carbocycles. The summed E-state index contributed by atoms with van der Waals surface area (Å²) in [6, 6.07) is 55.2. The highest BCUT2D eigenvalue weighted by molar-refractivity contribution is 6.02. The van der Waals surface area contributed by atoms with E-state index in [2.05, 4.69) is 187 Å². The Labute approximate surface area is 332 Å². The summed E-state index contributed by atoms with van der Waals surface area (Å²) in [6.07, 6.45) is 14.3. The van der Waals surface area contributed by atoms with Crippen molar-refractivity contribution in [3.8, 4) is 22.6 Å². The predicted molar refractivity (Wildman–Crippen MR) is 233 cm³/mol. The van der Waals surface area contributed by atoms with Gasteiger partial charge in [0.25, 0.3) is 0 Å². The van der Waals surface area contributed by atoms with Crippen molar-refractivity contribution in [1.29, 1.82) is 0 Å². The Morgan fingerprint density at radius 2 is 1.35 bits per heavy atom. The van der Waals surface area contributed by atoms with E-state index >= 15 is 0 Å². The van der Waals surface area contributed by atoms with Gasteiger partial charge in [0.05, 0.1) is 17.2 Å². The summed E-state index contributed by atoms with van der Waals surface area (Å²) in [5, 5.41) is 6.50. The van der Waals surface area contributed by atoms with Gasteiger partial charge in [-0.2, -0.15) is 0 Å². The van der Waals surface area contributed by atoms with Gasteiger partial charge in [0.1, 0.15) is 17.3 Å². The van der Waals surface area contributed by atoms with E-state index in [1.54, 1.807) is 0 Å². The molecule has 7 aromatic rings. The fourth-order valence-electron chi connectivity index (χ4n) is 10.3. The second-order valence-corrected chi connectivity index (χ2v) is 15.7. The van der Waals surface area contributed by atoms with E-state index in [0.717, 1.165) is 59.0 Å². The Bertz CT molecular complexity index is 2950. The number of hydrogen-bond donors (Lipinski definition) is 1. The number of nitrogens with zero attached hydrogens (tertiary/aromatic N) is 1. The van der Waals surface area contributed by atoms with Gasteiger partial charge >= 0.3 is 0 Å².